The van der Waals surface area contributed by atoms with Crippen molar-refractivity contribution in [3.8, 4) is 5.75 Å². The highest BCUT2D eigenvalue weighted by Crippen LogP contribution is 2.36. The molecule has 1 fully saturated rings. The average Bonchev–Trinajstić information content (AvgIpc) is 2.53. The molecule has 0 amide bonds. The van der Waals surface area contributed by atoms with Gasteiger partial charge in [0, 0.05) is 12.6 Å². The Morgan fingerprint density at radius 2 is 2.04 bits per heavy atom. The molecule has 0 unspecified atom stereocenters. The summed E-state index contributed by atoms with van der Waals surface area (Å²) in [5.74, 6) is 0.211. The van der Waals surface area contributed by atoms with E-state index in [0.717, 1.165) is 6.07 Å². The summed E-state index contributed by atoms with van der Waals surface area (Å²) in [5.41, 5.74) is 0. The summed E-state index contributed by atoms with van der Waals surface area (Å²) >= 11 is 5.93. The van der Waals surface area contributed by atoms with Crippen LogP contribution in [0.3, 0.4) is 0 Å². The highest BCUT2D eigenvalue weighted by molar-refractivity contribution is 7.89. The van der Waals surface area contributed by atoms with Gasteiger partial charge < -0.3 is 9.84 Å². The summed E-state index contributed by atoms with van der Waals surface area (Å²) in [4.78, 5) is -0.343. The number of aliphatic hydroxyl groups excluding tert-OH is 1. The molecule has 1 aromatic rings. The van der Waals surface area contributed by atoms with Gasteiger partial charge in [-0.25, -0.2) is 8.42 Å². The van der Waals surface area contributed by atoms with Crippen LogP contribution in [0, 0.1) is 0 Å². The Morgan fingerprint density at radius 3 is 2.62 bits per heavy atom. The van der Waals surface area contributed by atoms with E-state index in [9.17, 15) is 26.7 Å². The van der Waals surface area contributed by atoms with Crippen LogP contribution in [-0.4, -0.2) is 49.8 Å². The summed E-state index contributed by atoms with van der Waals surface area (Å²) in [6.07, 6.45) is -6.94. The van der Waals surface area contributed by atoms with Gasteiger partial charge in [0.15, 0.2) is 6.10 Å². The quantitative estimate of drug-likeness (QED) is 0.862. The first-order chi connectivity index (χ1) is 11.1. The van der Waals surface area contributed by atoms with Crippen LogP contribution in [0.15, 0.2) is 23.1 Å². The number of alkyl halides is 3. The van der Waals surface area contributed by atoms with Crippen LogP contribution in [0.2, 0.25) is 5.02 Å². The Morgan fingerprint density at radius 1 is 1.38 bits per heavy atom. The van der Waals surface area contributed by atoms with Gasteiger partial charge in [-0.1, -0.05) is 18.0 Å². The van der Waals surface area contributed by atoms with E-state index in [1.165, 1.54) is 19.2 Å². The number of ether oxygens (including phenoxy) is 1. The number of benzene rings is 1. The van der Waals surface area contributed by atoms with Gasteiger partial charge in [0.1, 0.15) is 10.6 Å². The number of rotatable bonds is 4. The number of methoxy groups -OCH3 is 1. The third kappa shape index (κ3) is 3.79. The maximum absolute atomic E-state index is 12.9. The fourth-order valence-corrected chi connectivity index (χ4v) is 4.89. The molecule has 0 aromatic heterocycles. The third-order valence-electron chi connectivity index (χ3n) is 3.92. The second-order valence-corrected chi connectivity index (χ2v) is 7.73. The van der Waals surface area contributed by atoms with Crippen LogP contribution in [0.1, 0.15) is 19.3 Å². The maximum Gasteiger partial charge on any atom is 0.415 e. The van der Waals surface area contributed by atoms with E-state index in [0.29, 0.717) is 17.1 Å². The standard InChI is InChI=1S/C14H17ClF3NO4S/c1-23-9-5-6-10(15)12(8-9)24(21,22)19-7-3-2-4-11(19)13(20)14(16,17)18/h5-6,8,11,13,20H,2-4,7H2,1H3/t11-,13+/m0/s1. The lowest BCUT2D eigenvalue weighted by Crippen LogP contribution is -2.54. The smallest absolute Gasteiger partial charge is 0.415 e. The van der Waals surface area contributed by atoms with Crippen molar-refractivity contribution in [2.24, 2.45) is 0 Å². The zero-order valence-corrected chi connectivity index (χ0v) is 14.3. The van der Waals surface area contributed by atoms with Crippen molar-refractivity contribution < 1.29 is 31.4 Å². The number of halogens is 4. The number of hydrogen-bond acceptors (Lipinski definition) is 4. The number of hydrogen-bond donors (Lipinski definition) is 1. The molecule has 0 radical (unpaired) electrons. The topological polar surface area (TPSA) is 66.8 Å². The summed E-state index contributed by atoms with van der Waals surface area (Å²) in [6, 6.07) is 2.32. The van der Waals surface area contributed by atoms with Gasteiger partial charge in [0.25, 0.3) is 0 Å². The highest BCUT2D eigenvalue weighted by atomic mass is 35.5. The fourth-order valence-electron chi connectivity index (χ4n) is 2.70. The SMILES string of the molecule is COc1ccc(Cl)c(S(=O)(=O)N2CCCC[C@H]2[C@@H](O)C(F)(F)F)c1. The molecule has 10 heteroatoms. The predicted molar refractivity (Wildman–Crippen MR) is 81.6 cm³/mol. The summed E-state index contributed by atoms with van der Waals surface area (Å²) < 4.78 is 69.9. The van der Waals surface area contributed by atoms with Crippen molar-refractivity contribution in [1.29, 1.82) is 0 Å². The van der Waals surface area contributed by atoms with Crippen molar-refractivity contribution in [3.05, 3.63) is 23.2 Å². The molecule has 136 valence electrons. The van der Waals surface area contributed by atoms with Crippen LogP contribution in [0.5, 0.6) is 5.75 Å². The van der Waals surface area contributed by atoms with Gasteiger partial charge in [-0.2, -0.15) is 17.5 Å². The van der Waals surface area contributed by atoms with E-state index in [-0.39, 0.29) is 28.6 Å². The summed E-state index contributed by atoms with van der Waals surface area (Å²) in [5, 5.41) is 9.45. The first kappa shape index (κ1) is 19.3. The van der Waals surface area contributed by atoms with Crippen LogP contribution >= 0.6 is 11.6 Å². The van der Waals surface area contributed by atoms with Crippen LogP contribution in [0.25, 0.3) is 0 Å². The summed E-state index contributed by atoms with van der Waals surface area (Å²) in [7, 11) is -2.99. The van der Waals surface area contributed by atoms with E-state index in [4.69, 9.17) is 16.3 Å². The maximum atomic E-state index is 12.9. The molecule has 1 aliphatic rings. The number of piperidine rings is 1. The van der Waals surface area contributed by atoms with E-state index < -0.39 is 28.3 Å². The molecule has 1 aromatic carbocycles. The molecule has 0 aliphatic carbocycles. The Hall–Kier alpha value is -1.03. The first-order valence-electron chi connectivity index (χ1n) is 7.19. The molecule has 0 spiro atoms. The molecular formula is C14H17ClF3NO4S. The molecule has 1 saturated heterocycles. The van der Waals surface area contributed by atoms with Crippen LogP contribution in [-0.2, 0) is 10.0 Å². The Kier molecular flexibility index (Phi) is 5.68. The normalized spacial score (nSPS) is 21.5. The molecule has 2 atom stereocenters. The minimum Gasteiger partial charge on any atom is -0.497 e. The Labute approximate surface area is 143 Å². The minimum atomic E-state index is -4.91. The van der Waals surface area contributed by atoms with Crippen molar-refractivity contribution in [2.45, 2.75) is 42.5 Å². The summed E-state index contributed by atoms with van der Waals surface area (Å²) in [6.45, 7) is -0.117. The second-order valence-electron chi connectivity index (χ2n) is 5.46. The van der Waals surface area contributed by atoms with Crippen molar-refractivity contribution in [2.75, 3.05) is 13.7 Å². The lowest BCUT2D eigenvalue weighted by molar-refractivity contribution is -0.219. The van der Waals surface area contributed by atoms with Gasteiger partial charge in [-0.05, 0) is 25.0 Å². The van der Waals surface area contributed by atoms with E-state index >= 15 is 0 Å². The van der Waals surface area contributed by atoms with Gasteiger partial charge in [-0.3, -0.25) is 0 Å². The first-order valence-corrected chi connectivity index (χ1v) is 9.01. The van der Waals surface area contributed by atoms with Crippen LogP contribution < -0.4 is 4.74 Å². The molecule has 5 nitrogen and oxygen atoms in total. The third-order valence-corrected chi connectivity index (χ3v) is 6.33. The second kappa shape index (κ2) is 7.07. The zero-order valence-electron chi connectivity index (χ0n) is 12.8. The lowest BCUT2D eigenvalue weighted by Gasteiger charge is -2.37. The molecule has 2 rings (SSSR count). The Balaban J connectivity index is 2.46. The molecule has 1 aliphatic heterocycles. The largest absolute Gasteiger partial charge is 0.497 e. The zero-order chi connectivity index (χ0) is 18.1. The number of nitrogens with zero attached hydrogens (tertiary/aromatic N) is 1. The van der Waals surface area contributed by atoms with Gasteiger partial charge in [0.05, 0.1) is 18.2 Å². The molecule has 0 bridgehead atoms. The van der Waals surface area contributed by atoms with Crippen molar-refractivity contribution in [3.63, 3.8) is 0 Å². The number of sulfonamides is 1. The monoisotopic (exact) mass is 387 g/mol. The van der Waals surface area contributed by atoms with Crippen LogP contribution in [0.4, 0.5) is 13.2 Å². The predicted octanol–water partition coefficient (Wildman–Crippen LogP) is 2.82. The lowest BCUT2D eigenvalue weighted by atomic mass is 9.99. The van der Waals surface area contributed by atoms with E-state index in [2.05, 4.69) is 0 Å². The van der Waals surface area contributed by atoms with E-state index in [1.807, 2.05) is 0 Å². The molecule has 1 N–H and O–H groups in total. The van der Waals surface area contributed by atoms with E-state index in [1.54, 1.807) is 0 Å². The van der Waals surface area contributed by atoms with Gasteiger partial charge >= 0.3 is 6.18 Å². The minimum absolute atomic E-state index is 0.0819. The molecule has 0 saturated carbocycles. The molecule has 1 heterocycles. The highest BCUT2D eigenvalue weighted by Gasteiger charge is 2.49. The van der Waals surface area contributed by atoms with Crippen molar-refractivity contribution >= 4 is 21.6 Å². The van der Waals surface area contributed by atoms with Gasteiger partial charge in [-0.15, -0.1) is 0 Å². The Bertz CT molecular complexity index is 696. The van der Waals surface area contributed by atoms with Gasteiger partial charge in [0.2, 0.25) is 10.0 Å². The number of aliphatic hydroxyl groups is 1. The fraction of sp³-hybridized carbons (Fsp3) is 0.571. The van der Waals surface area contributed by atoms with Crippen molar-refractivity contribution in [1.82, 2.24) is 4.31 Å². The average molecular weight is 388 g/mol. The molecular weight excluding hydrogens is 371 g/mol. The molecule has 24 heavy (non-hydrogen) atoms.